The number of rotatable bonds is 4. The van der Waals surface area contributed by atoms with E-state index in [1.807, 2.05) is 0 Å². The fourth-order valence-corrected chi connectivity index (χ4v) is 6.93. The molecule has 3 rings (SSSR count). The Hall–Kier alpha value is -1.71. The van der Waals surface area contributed by atoms with Crippen LogP contribution in [0.1, 0.15) is 17.3 Å². The van der Waals surface area contributed by atoms with Gasteiger partial charge in [-0.15, -0.1) is 0 Å². The molecular formula is C16H18N2O5S2. The summed E-state index contributed by atoms with van der Waals surface area (Å²) in [5.41, 5.74) is 1.18. The summed E-state index contributed by atoms with van der Waals surface area (Å²) in [5, 5.41) is 0.271. The third kappa shape index (κ3) is 3.78. The Morgan fingerprint density at radius 3 is 2.80 bits per heavy atom. The van der Waals surface area contributed by atoms with Crippen molar-refractivity contribution in [3.8, 4) is 0 Å². The van der Waals surface area contributed by atoms with Crippen LogP contribution < -0.4 is 4.90 Å². The number of amides is 1. The first-order valence-corrected chi connectivity index (χ1v) is 10.4. The molecule has 25 heavy (non-hydrogen) atoms. The number of Topliss-reactive ketones (excluding diaryl/α,β-unsaturated/α-hetero) is 1. The molecule has 0 N–H and O–H groups in total. The molecule has 0 spiro atoms. The molecule has 0 aliphatic carbocycles. The third-order valence-corrected chi connectivity index (χ3v) is 7.30. The number of amidine groups is 1. The standard InChI is InChI=1S/C16H18N2O5S2/c1-10(19)11-4-3-5-12(6-11)18-13-8-25(21,22)9-14(13)24-16(18)17-15(20)7-23-2/h3-6,13-14H,7-9H2,1-2H3/t13-,14+/m1/s1. The summed E-state index contributed by atoms with van der Waals surface area (Å²) in [7, 11) is -1.72. The smallest absolute Gasteiger partial charge is 0.274 e. The van der Waals surface area contributed by atoms with E-state index in [1.165, 1.54) is 25.8 Å². The lowest BCUT2D eigenvalue weighted by Crippen LogP contribution is -2.37. The van der Waals surface area contributed by atoms with E-state index in [9.17, 15) is 18.0 Å². The van der Waals surface area contributed by atoms with Crippen LogP contribution in [0.25, 0.3) is 0 Å². The van der Waals surface area contributed by atoms with Crippen LogP contribution >= 0.6 is 11.8 Å². The Morgan fingerprint density at radius 2 is 2.12 bits per heavy atom. The van der Waals surface area contributed by atoms with Crippen LogP contribution in [0.2, 0.25) is 0 Å². The number of fused-ring (bicyclic) bond motifs is 1. The molecule has 2 aliphatic rings. The second kappa shape index (κ2) is 6.89. The van der Waals surface area contributed by atoms with Crippen molar-refractivity contribution in [1.82, 2.24) is 0 Å². The summed E-state index contributed by atoms with van der Waals surface area (Å²) in [6, 6.07) is 6.63. The highest BCUT2D eigenvalue weighted by Gasteiger charge is 2.49. The van der Waals surface area contributed by atoms with E-state index in [1.54, 1.807) is 29.2 Å². The first-order valence-electron chi connectivity index (χ1n) is 7.68. The molecule has 2 aliphatic heterocycles. The van der Waals surface area contributed by atoms with Gasteiger partial charge in [-0.1, -0.05) is 23.9 Å². The fraction of sp³-hybridized carbons (Fsp3) is 0.438. The minimum atomic E-state index is -3.13. The Bertz CT molecular complexity index is 850. The number of nitrogens with zero attached hydrogens (tertiary/aromatic N) is 2. The van der Waals surface area contributed by atoms with E-state index in [-0.39, 0.29) is 35.2 Å². The van der Waals surface area contributed by atoms with Gasteiger partial charge in [0, 0.05) is 23.6 Å². The molecule has 2 heterocycles. The number of anilines is 1. The molecule has 2 fully saturated rings. The van der Waals surface area contributed by atoms with Crippen molar-refractivity contribution in [2.45, 2.75) is 18.2 Å². The normalized spacial score (nSPS) is 26.0. The maximum absolute atomic E-state index is 12.0. The third-order valence-electron chi connectivity index (χ3n) is 4.09. The Balaban J connectivity index is 2.02. The zero-order valence-corrected chi connectivity index (χ0v) is 15.5. The number of hydrogen-bond acceptors (Lipinski definition) is 6. The van der Waals surface area contributed by atoms with E-state index in [4.69, 9.17) is 4.74 Å². The quantitative estimate of drug-likeness (QED) is 0.721. The number of methoxy groups -OCH3 is 1. The van der Waals surface area contributed by atoms with Gasteiger partial charge in [0.2, 0.25) is 0 Å². The van der Waals surface area contributed by atoms with Crippen LogP contribution in [-0.4, -0.2) is 61.8 Å². The fourth-order valence-electron chi connectivity index (χ4n) is 3.00. The summed E-state index contributed by atoms with van der Waals surface area (Å²) in [6.45, 7) is 1.33. The molecule has 0 radical (unpaired) electrons. The summed E-state index contributed by atoms with van der Waals surface area (Å²) in [4.78, 5) is 29.4. The molecule has 0 unspecified atom stereocenters. The lowest BCUT2D eigenvalue weighted by molar-refractivity contribution is -0.121. The summed E-state index contributed by atoms with van der Waals surface area (Å²) in [6.07, 6.45) is 0. The van der Waals surface area contributed by atoms with Gasteiger partial charge in [0.25, 0.3) is 5.91 Å². The molecule has 1 amide bonds. The number of sulfone groups is 1. The molecule has 0 bridgehead atoms. The van der Waals surface area contributed by atoms with Crippen LogP contribution in [-0.2, 0) is 19.4 Å². The van der Waals surface area contributed by atoms with Gasteiger partial charge in [-0.05, 0) is 19.1 Å². The monoisotopic (exact) mass is 382 g/mol. The predicted molar refractivity (Wildman–Crippen MR) is 97.1 cm³/mol. The van der Waals surface area contributed by atoms with Crippen LogP contribution in [0, 0.1) is 0 Å². The number of hydrogen-bond donors (Lipinski definition) is 0. The Kier molecular flexibility index (Phi) is 4.99. The lowest BCUT2D eigenvalue weighted by Gasteiger charge is -2.24. The first kappa shape index (κ1) is 18.1. The van der Waals surface area contributed by atoms with Crippen molar-refractivity contribution < 1.29 is 22.7 Å². The van der Waals surface area contributed by atoms with Crippen molar-refractivity contribution in [3.63, 3.8) is 0 Å². The Morgan fingerprint density at radius 1 is 1.36 bits per heavy atom. The minimum absolute atomic E-state index is 0.00640. The highest BCUT2D eigenvalue weighted by molar-refractivity contribution is 8.16. The molecular weight excluding hydrogens is 364 g/mol. The zero-order valence-electron chi connectivity index (χ0n) is 13.8. The van der Waals surface area contributed by atoms with Gasteiger partial charge in [0.15, 0.2) is 20.8 Å². The number of ether oxygens (including phenoxy) is 1. The van der Waals surface area contributed by atoms with Crippen LogP contribution in [0.4, 0.5) is 5.69 Å². The van der Waals surface area contributed by atoms with E-state index in [2.05, 4.69) is 4.99 Å². The summed E-state index contributed by atoms with van der Waals surface area (Å²) < 4.78 is 28.8. The lowest BCUT2D eigenvalue weighted by atomic mass is 10.1. The molecule has 9 heteroatoms. The van der Waals surface area contributed by atoms with Gasteiger partial charge < -0.3 is 9.64 Å². The maximum atomic E-state index is 12.0. The first-order chi connectivity index (χ1) is 11.8. The van der Waals surface area contributed by atoms with Crippen molar-refractivity contribution in [2.75, 3.05) is 30.1 Å². The van der Waals surface area contributed by atoms with Gasteiger partial charge in [-0.2, -0.15) is 4.99 Å². The van der Waals surface area contributed by atoms with Gasteiger partial charge in [-0.3, -0.25) is 9.59 Å². The van der Waals surface area contributed by atoms with Crippen molar-refractivity contribution >= 4 is 44.1 Å². The summed E-state index contributed by atoms with van der Waals surface area (Å²) in [5.74, 6) is -0.450. The number of aliphatic imine (C=N–C) groups is 1. The predicted octanol–water partition coefficient (Wildman–Crippen LogP) is 1.14. The molecule has 2 atom stereocenters. The van der Waals surface area contributed by atoms with Gasteiger partial charge >= 0.3 is 0 Å². The number of carbonyl (C=O) groups is 2. The second-order valence-electron chi connectivity index (χ2n) is 6.00. The van der Waals surface area contributed by atoms with E-state index < -0.39 is 15.7 Å². The number of benzene rings is 1. The molecule has 134 valence electrons. The van der Waals surface area contributed by atoms with Crippen LogP contribution in [0.15, 0.2) is 29.3 Å². The van der Waals surface area contributed by atoms with E-state index >= 15 is 0 Å². The highest BCUT2D eigenvalue weighted by atomic mass is 32.2. The molecule has 1 aromatic rings. The van der Waals surface area contributed by atoms with E-state index in [0.29, 0.717) is 16.4 Å². The number of carbonyl (C=O) groups excluding carboxylic acids is 2. The van der Waals surface area contributed by atoms with Gasteiger partial charge in [-0.25, -0.2) is 8.42 Å². The average molecular weight is 382 g/mol. The Labute approximate surface area is 150 Å². The number of ketones is 1. The topological polar surface area (TPSA) is 93.1 Å². The molecule has 2 saturated heterocycles. The zero-order chi connectivity index (χ0) is 18.2. The second-order valence-corrected chi connectivity index (χ2v) is 9.36. The largest absolute Gasteiger partial charge is 0.375 e. The average Bonchev–Trinajstić information content (AvgIpc) is 2.98. The molecule has 0 saturated carbocycles. The van der Waals surface area contributed by atoms with Crippen molar-refractivity contribution in [3.05, 3.63) is 29.8 Å². The van der Waals surface area contributed by atoms with Gasteiger partial charge in [0.05, 0.1) is 17.5 Å². The van der Waals surface area contributed by atoms with Gasteiger partial charge in [0.1, 0.15) is 6.61 Å². The maximum Gasteiger partial charge on any atom is 0.274 e. The summed E-state index contributed by atoms with van der Waals surface area (Å²) >= 11 is 1.29. The molecule has 7 nitrogen and oxygen atoms in total. The van der Waals surface area contributed by atoms with Crippen molar-refractivity contribution in [2.24, 2.45) is 4.99 Å². The molecule has 1 aromatic carbocycles. The van der Waals surface area contributed by atoms with Crippen LogP contribution in [0.3, 0.4) is 0 Å². The van der Waals surface area contributed by atoms with Crippen molar-refractivity contribution in [1.29, 1.82) is 0 Å². The minimum Gasteiger partial charge on any atom is -0.375 e. The highest BCUT2D eigenvalue weighted by Crippen LogP contribution is 2.41. The number of thioether (sulfide) groups is 1. The van der Waals surface area contributed by atoms with E-state index in [0.717, 1.165) is 0 Å². The van der Waals surface area contributed by atoms with Crippen LogP contribution in [0.5, 0.6) is 0 Å². The SMILES string of the molecule is COCC(=O)N=C1S[C@H]2CS(=O)(=O)C[C@H]2N1c1cccc(C(C)=O)c1. The molecule has 0 aromatic heterocycles.